The Morgan fingerprint density at radius 3 is 2.42 bits per heavy atom. The number of Topliss-reactive ketones (excluding diaryl/α,β-unsaturated/α-hetero) is 1. The van der Waals surface area contributed by atoms with Crippen LogP contribution in [0.15, 0.2) is 40.8 Å². The van der Waals surface area contributed by atoms with Crippen LogP contribution in [0.25, 0.3) is 0 Å². The fourth-order valence-corrected chi connectivity index (χ4v) is 2.01. The van der Waals surface area contributed by atoms with E-state index < -0.39 is 29.2 Å². The minimum atomic E-state index is -0.977. The molecule has 1 aromatic carbocycles. The number of rotatable bonds is 8. The Kier molecular flexibility index (Phi) is 6.20. The molecule has 1 N–H and O–H groups in total. The Bertz CT molecular complexity index is 824. The molecule has 0 aliphatic rings. The van der Waals surface area contributed by atoms with Gasteiger partial charge in [-0.2, -0.15) is 0 Å². The minimum Gasteiger partial charge on any atom is -0.451 e. The molecule has 26 heavy (non-hydrogen) atoms. The maximum Gasteiger partial charge on any atom is 0.433 e. The quantitative estimate of drug-likeness (QED) is 0.331. The van der Waals surface area contributed by atoms with Gasteiger partial charge in [0.15, 0.2) is 12.4 Å². The van der Waals surface area contributed by atoms with Crippen molar-refractivity contribution in [2.45, 2.75) is 19.8 Å². The van der Waals surface area contributed by atoms with E-state index in [1.165, 1.54) is 12.1 Å². The summed E-state index contributed by atoms with van der Waals surface area (Å²) in [6.45, 7) is 1.35. The van der Waals surface area contributed by atoms with Crippen molar-refractivity contribution in [1.29, 1.82) is 0 Å². The van der Waals surface area contributed by atoms with Gasteiger partial charge in [-0.25, -0.2) is 4.79 Å². The second-order valence-electron chi connectivity index (χ2n) is 5.27. The van der Waals surface area contributed by atoms with Crippen molar-refractivity contribution in [3.63, 3.8) is 0 Å². The number of benzene rings is 1. The molecule has 9 heteroatoms. The Morgan fingerprint density at radius 1 is 1.15 bits per heavy atom. The Hall–Kier alpha value is -3.49. The maximum absolute atomic E-state index is 12.0. The van der Waals surface area contributed by atoms with Gasteiger partial charge in [0.05, 0.1) is 6.07 Å². The molecule has 136 valence electrons. The number of furan rings is 1. The average molecular weight is 360 g/mol. The number of nitro groups is 1. The van der Waals surface area contributed by atoms with Gasteiger partial charge < -0.3 is 14.5 Å². The highest BCUT2D eigenvalue weighted by molar-refractivity contribution is 5.99. The molecule has 0 aliphatic carbocycles. The van der Waals surface area contributed by atoms with Crippen molar-refractivity contribution in [2.75, 3.05) is 11.9 Å². The number of hydrogen-bond donors (Lipinski definition) is 1. The third-order valence-electron chi connectivity index (χ3n) is 3.27. The van der Waals surface area contributed by atoms with Gasteiger partial charge in [0.2, 0.25) is 11.7 Å². The van der Waals surface area contributed by atoms with Crippen LogP contribution in [0.2, 0.25) is 0 Å². The molecular weight excluding hydrogens is 344 g/mol. The van der Waals surface area contributed by atoms with Gasteiger partial charge in [-0.3, -0.25) is 19.7 Å². The van der Waals surface area contributed by atoms with Crippen molar-refractivity contribution < 1.29 is 28.5 Å². The summed E-state index contributed by atoms with van der Waals surface area (Å²) in [6.07, 6.45) is 1.13. The first-order valence-electron chi connectivity index (χ1n) is 7.75. The van der Waals surface area contributed by atoms with E-state index in [9.17, 15) is 24.5 Å². The Balaban J connectivity index is 1.89. The highest BCUT2D eigenvalue weighted by atomic mass is 16.7. The van der Waals surface area contributed by atoms with Crippen LogP contribution >= 0.6 is 0 Å². The predicted molar refractivity (Wildman–Crippen MR) is 90.0 cm³/mol. The fraction of sp³-hybridized carbons (Fsp3) is 0.235. The topological polar surface area (TPSA) is 129 Å². The van der Waals surface area contributed by atoms with E-state index in [0.29, 0.717) is 12.1 Å². The zero-order valence-electron chi connectivity index (χ0n) is 13.9. The average Bonchev–Trinajstić information content (AvgIpc) is 3.11. The number of hydrogen-bond acceptors (Lipinski definition) is 7. The lowest BCUT2D eigenvalue weighted by Crippen LogP contribution is -2.14. The van der Waals surface area contributed by atoms with Crippen LogP contribution in [0.4, 0.5) is 11.6 Å². The van der Waals surface area contributed by atoms with E-state index in [1.807, 2.05) is 6.92 Å². The lowest BCUT2D eigenvalue weighted by Gasteiger charge is -2.06. The van der Waals surface area contributed by atoms with E-state index in [1.54, 1.807) is 12.1 Å². The zero-order valence-corrected chi connectivity index (χ0v) is 13.9. The van der Waals surface area contributed by atoms with E-state index >= 15 is 0 Å². The molecule has 0 fully saturated rings. The summed E-state index contributed by atoms with van der Waals surface area (Å²) in [5, 5.41) is 13.2. The second kappa shape index (κ2) is 8.56. The van der Waals surface area contributed by atoms with Gasteiger partial charge in [-0.1, -0.05) is 6.92 Å². The lowest BCUT2D eigenvalue weighted by atomic mass is 10.1. The van der Waals surface area contributed by atoms with Crippen LogP contribution < -0.4 is 5.32 Å². The van der Waals surface area contributed by atoms with Crippen molar-refractivity contribution in [3.05, 3.63) is 57.8 Å². The number of carbonyl (C=O) groups is 3. The van der Waals surface area contributed by atoms with Crippen LogP contribution in [-0.2, 0) is 9.53 Å². The van der Waals surface area contributed by atoms with E-state index in [0.717, 1.165) is 18.6 Å². The zero-order chi connectivity index (χ0) is 19.1. The molecule has 1 amide bonds. The van der Waals surface area contributed by atoms with Gasteiger partial charge in [0.1, 0.15) is 4.92 Å². The third kappa shape index (κ3) is 5.00. The molecule has 2 aromatic rings. The van der Waals surface area contributed by atoms with Crippen LogP contribution in [-0.4, -0.2) is 29.2 Å². The summed E-state index contributed by atoms with van der Waals surface area (Å²) in [7, 11) is 0. The third-order valence-corrected chi connectivity index (χ3v) is 3.27. The number of esters is 1. The van der Waals surface area contributed by atoms with Crippen molar-refractivity contribution in [1.82, 2.24) is 0 Å². The predicted octanol–water partition coefficient (Wildman–Crippen LogP) is 2.97. The summed E-state index contributed by atoms with van der Waals surface area (Å²) in [4.78, 5) is 45.0. The molecule has 0 bridgehead atoms. The molecule has 0 saturated carbocycles. The minimum absolute atomic E-state index is 0.118. The summed E-state index contributed by atoms with van der Waals surface area (Å²) < 4.78 is 9.48. The molecule has 9 nitrogen and oxygen atoms in total. The SMILES string of the molecule is CCCC(=O)Nc1ccc(C(=O)COC(=O)c2ccc([N+](=O)[O-])o2)cc1. The molecule has 0 unspecified atom stereocenters. The molecule has 2 rings (SSSR count). The van der Waals surface area contributed by atoms with Crippen LogP contribution in [0.1, 0.15) is 40.7 Å². The van der Waals surface area contributed by atoms with Gasteiger partial charge in [0.25, 0.3) is 0 Å². The molecule has 0 radical (unpaired) electrons. The van der Waals surface area contributed by atoms with Gasteiger partial charge >= 0.3 is 11.9 Å². The van der Waals surface area contributed by atoms with Crippen LogP contribution in [0, 0.1) is 10.1 Å². The molecule has 0 aliphatic heterocycles. The first-order chi connectivity index (χ1) is 12.4. The molecule has 0 saturated heterocycles. The number of nitrogens with one attached hydrogen (secondary N) is 1. The van der Waals surface area contributed by atoms with Crippen molar-refractivity contribution in [2.24, 2.45) is 0 Å². The van der Waals surface area contributed by atoms with Gasteiger partial charge in [0, 0.05) is 17.7 Å². The highest BCUT2D eigenvalue weighted by Gasteiger charge is 2.19. The molecule has 1 heterocycles. The summed E-state index contributed by atoms with van der Waals surface area (Å²) >= 11 is 0. The van der Waals surface area contributed by atoms with Crippen molar-refractivity contribution >= 4 is 29.2 Å². The number of ether oxygens (including phenoxy) is 1. The van der Waals surface area contributed by atoms with E-state index in [2.05, 4.69) is 5.32 Å². The standard InChI is InChI=1S/C17H16N2O7/c1-2-3-15(21)18-12-6-4-11(5-7-12)13(20)10-25-17(22)14-8-9-16(26-14)19(23)24/h4-9H,2-3,10H2,1H3,(H,18,21). The summed E-state index contributed by atoms with van der Waals surface area (Å²) in [6, 6.07) is 8.24. The molecule has 0 atom stereocenters. The molecular formula is C17H16N2O7. The van der Waals surface area contributed by atoms with Crippen molar-refractivity contribution in [3.8, 4) is 0 Å². The normalized spacial score (nSPS) is 10.2. The number of carbonyl (C=O) groups excluding carboxylic acids is 3. The number of nitrogens with zero attached hydrogens (tertiary/aromatic N) is 1. The summed E-state index contributed by atoms with van der Waals surface area (Å²) in [5.41, 5.74) is 0.844. The lowest BCUT2D eigenvalue weighted by molar-refractivity contribution is -0.402. The van der Waals surface area contributed by atoms with Crippen LogP contribution in [0.3, 0.4) is 0 Å². The van der Waals surface area contributed by atoms with Gasteiger partial charge in [-0.05, 0) is 36.8 Å². The first kappa shape index (κ1) is 18.8. The maximum atomic E-state index is 12.0. The Labute approximate surface area is 148 Å². The summed E-state index contributed by atoms with van der Waals surface area (Å²) in [5.74, 6) is -2.52. The number of ketones is 1. The molecule has 1 aromatic heterocycles. The monoisotopic (exact) mass is 360 g/mol. The fourth-order valence-electron chi connectivity index (χ4n) is 2.01. The second-order valence-corrected chi connectivity index (χ2v) is 5.27. The Morgan fingerprint density at radius 2 is 1.85 bits per heavy atom. The van der Waals surface area contributed by atoms with Crippen LogP contribution in [0.5, 0.6) is 0 Å². The van der Waals surface area contributed by atoms with E-state index in [4.69, 9.17) is 9.15 Å². The van der Waals surface area contributed by atoms with E-state index in [-0.39, 0.29) is 17.2 Å². The highest BCUT2D eigenvalue weighted by Crippen LogP contribution is 2.16. The molecule has 0 spiro atoms. The smallest absolute Gasteiger partial charge is 0.433 e. The first-order valence-corrected chi connectivity index (χ1v) is 7.75. The number of amides is 1. The largest absolute Gasteiger partial charge is 0.451 e. The van der Waals surface area contributed by atoms with Gasteiger partial charge in [-0.15, -0.1) is 0 Å². The number of anilines is 1.